The van der Waals surface area contributed by atoms with Crippen LogP contribution in [0.15, 0.2) is 41.2 Å². The average Bonchev–Trinajstić information content (AvgIpc) is 3.48. The first-order chi connectivity index (χ1) is 21.0. The predicted molar refractivity (Wildman–Crippen MR) is 161 cm³/mol. The summed E-state index contributed by atoms with van der Waals surface area (Å²) in [6, 6.07) is 8.66. The highest BCUT2D eigenvalue weighted by molar-refractivity contribution is 5.97. The third kappa shape index (κ3) is 5.66. The van der Waals surface area contributed by atoms with E-state index in [4.69, 9.17) is 16.3 Å². The molecule has 0 spiro atoms. The summed E-state index contributed by atoms with van der Waals surface area (Å²) in [5.41, 5.74) is 1.37. The Morgan fingerprint density at radius 1 is 1.14 bits per heavy atom. The van der Waals surface area contributed by atoms with Crippen LogP contribution in [-0.4, -0.2) is 38.3 Å². The monoisotopic (exact) mass is 606 g/mol. The summed E-state index contributed by atoms with van der Waals surface area (Å²) in [5, 5.41) is 4.49. The van der Waals surface area contributed by atoms with E-state index < -0.39 is 17.4 Å². The van der Waals surface area contributed by atoms with Crippen molar-refractivity contribution in [2.24, 2.45) is 13.0 Å². The zero-order valence-corrected chi connectivity index (χ0v) is 25.0. The number of carbonyl (C=O) groups is 1. The number of ether oxygens (including phenoxy) is 1. The lowest BCUT2D eigenvalue weighted by Crippen LogP contribution is -2.35. The first-order valence-corrected chi connectivity index (χ1v) is 14.6. The van der Waals surface area contributed by atoms with Gasteiger partial charge in [0.25, 0.3) is 5.56 Å². The molecule has 230 valence electrons. The number of amides is 1. The van der Waals surface area contributed by atoms with Crippen molar-refractivity contribution in [3.63, 3.8) is 0 Å². The summed E-state index contributed by atoms with van der Waals surface area (Å²) in [6.07, 6.45) is -2.06. The smallest absolute Gasteiger partial charge is 0.407 e. The molecule has 1 saturated heterocycles. The number of halogens is 3. The SMILES string of the molecule is [C-]#[N+]c1ccc(N2C(=O)C[C@@H](Cc3ccc(OCC)c(-c4nc5c(CCC)nn(C)c5c(=O)[nH]4)c3)[C@H]2CC)cc1C(F)(F)F. The maximum Gasteiger partial charge on any atom is 0.407 e. The van der Waals surface area contributed by atoms with E-state index in [0.29, 0.717) is 54.0 Å². The van der Waals surface area contributed by atoms with Crippen LogP contribution in [0.25, 0.3) is 27.3 Å². The Kier molecular flexibility index (Phi) is 8.50. The first kappa shape index (κ1) is 30.8. The van der Waals surface area contributed by atoms with E-state index in [1.54, 1.807) is 7.05 Å². The lowest BCUT2D eigenvalue weighted by atomic mass is 9.90. The van der Waals surface area contributed by atoms with Gasteiger partial charge in [-0.2, -0.15) is 18.3 Å². The lowest BCUT2D eigenvalue weighted by Gasteiger charge is -2.28. The molecule has 3 heterocycles. The maximum atomic E-state index is 13.7. The van der Waals surface area contributed by atoms with Crippen molar-refractivity contribution in [3.05, 3.63) is 75.0 Å². The second-order valence-corrected chi connectivity index (χ2v) is 10.9. The summed E-state index contributed by atoms with van der Waals surface area (Å²) in [5.74, 6) is 0.426. The fourth-order valence-corrected chi connectivity index (χ4v) is 6.17. The van der Waals surface area contributed by atoms with Gasteiger partial charge in [0, 0.05) is 25.2 Å². The number of aromatic amines is 1. The van der Waals surface area contributed by atoms with Crippen LogP contribution in [0.2, 0.25) is 0 Å². The molecule has 44 heavy (non-hydrogen) atoms. The molecule has 1 amide bonds. The number of anilines is 1. The van der Waals surface area contributed by atoms with E-state index in [0.717, 1.165) is 29.8 Å². The lowest BCUT2D eigenvalue weighted by molar-refractivity contribution is -0.136. The molecular weight excluding hydrogens is 573 g/mol. The molecule has 1 aliphatic rings. The highest BCUT2D eigenvalue weighted by atomic mass is 19.4. The largest absolute Gasteiger partial charge is 0.493 e. The van der Waals surface area contributed by atoms with Gasteiger partial charge in [-0.25, -0.2) is 9.83 Å². The highest BCUT2D eigenvalue weighted by Gasteiger charge is 2.41. The Morgan fingerprint density at radius 2 is 1.91 bits per heavy atom. The van der Waals surface area contributed by atoms with E-state index in [1.165, 1.54) is 15.6 Å². The molecule has 2 aromatic heterocycles. The quantitative estimate of drug-likeness (QED) is 0.216. The van der Waals surface area contributed by atoms with E-state index in [9.17, 15) is 22.8 Å². The number of alkyl halides is 3. The molecule has 12 heteroatoms. The van der Waals surface area contributed by atoms with Gasteiger partial charge in [0.05, 0.1) is 30.0 Å². The highest BCUT2D eigenvalue weighted by Crippen LogP contribution is 2.42. The molecule has 4 aromatic rings. The topological polar surface area (TPSA) is 97.5 Å². The van der Waals surface area contributed by atoms with Gasteiger partial charge < -0.3 is 14.6 Å². The third-order valence-electron chi connectivity index (χ3n) is 8.03. The maximum absolute atomic E-state index is 13.7. The van der Waals surface area contributed by atoms with E-state index in [2.05, 4.69) is 14.9 Å². The van der Waals surface area contributed by atoms with Crippen molar-refractivity contribution >= 4 is 28.3 Å². The van der Waals surface area contributed by atoms with Gasteiger partial charge in [-0.15, -0.1) is 0 Å². The van der Waals surface area contributed by atoms with Crippen molar-refractivity contribution in [2.75, 3.05) is 11.5 Å². The summed E-state index contributed by atoms with van der Waals surface area (Å²) in [7, 11) is 1.71. The number of nitrogens with zero attached hydrogens (tertiary/aromatic N) is 5. The standard InChI is InChI=1S/C32H33F3N6O3/c1-6-9-24-28-29(40(5)39-24)31(43)38-30(37-28)21-15-18(10-13-26(21)44-8-3)14-19-16-27(42)41(25(19)7-2)20-11-12-23(36-4)22(17-20)32(33,34)35/h10-13,15,17,19,25H,6-9,14,16H2,1-3,5H3,(H,37,38,43)/t19-,25-/m1/s1. The zero-order chi connectivity index (χ0) is 31.8. The van der Waals surface area contributed by atoms with Crippen LogP contribution in [0, 0.1) is 12.5 Å². The van der Waals surface area contributed by atoms with Gasteiger partial charge in [-0.1, -0.05) is 32.4 Å². The molecule has 9 nitrogen and oxygen atoms in total. The number of aryl methyl sites for hydroxylation is 2. The average molecular weight is 607 g/mol. The fraction of sp³-hybridized carbons (Fsp3) is 0.406. The molecule has 1 fully saturated rings. The molecule has 1 aliphatic heterocycles. The number of nitrogens with one attached hydrogen (secondary N) is 1. The summed E-state index contributed by atoms with van der Waals surface area (Å²) in [4.78, 5) is 38.5. The van der Waals surface area contributed by atoms with Gasteiger partial charge >= 0.3 is 6.18 Å². The molecule has 0 radical (unpaired) electrons. The van der Waals surface area contributed by atoms with E-state index in [-0.39, 0.29) is 35.5 Å². The second kappa shape index (κ2) is 12.1. The Labute approximate surface area is 252 Å². The van der Waals surface area contributed by atoms with Crippen LogP contribution >= 0.6 is 0 Å². The molecule has 1 N–H and O–H groups in total. The Bertz CT molecular complexity index is 1820. The second-order valence-electron chi connectivity index (χ2n) is 10.9. The minimum atomic E-state index is -4.72. The van der Waals surface area contributed by atoms with Gasteiger partial charge in [0.2, 0.25) is 5.91 Å². The Hall–Kier alpha value is -4.66. The fourth-order valence-electron chi connectivity index (χ4n) is 6.17. The number of aromatic nitrogens is 4. The summed E-state index contributed by atoms with van der Waals surface area (Å²) < 4.78 is 48.5. The zero-order valence-electron chi connectivity index (χ0n) is 25.0. The minimum Gasteiger partial charge on any atom is -0.493 e. The minimum absolute atomic E-state index is 0.130. The van der Waals surface area contributed by atoms with Crippen LogP contribution < -0.4 is 15.2 Å². The summed E-state index contributed by atoms with van der Waals surface area (Å²) in [6.45, 7) is 13.3. The van der Waals surface area contributed by atoms with E-state index in [1.807, 2.05) is 39.0 Å². The normalized spacial score (nSPS) is 17.0. The van der Waals surface area contributed by atoms with Crippen LogP contribution in [0.5, 0.6) is 5.75 Å². The predicted octanol–water partition coefficient (Wildman–Crippen LogP) is 6.62. The molecular formula is C32H33F3N6O3. The molecule has 5 rings (SSSR count). The molecule has 0 bridgehead atoms. The van der Waals surface area contributed by atoms with Crippen molar-refractivity contribution in [2.45, 2.75) is 65.1 Å². The van der Waals surface area contributed by atoms with Gasteiger partial charge in [-0.3, -0.25) is 14.3 Å². The Morgan fingerprint density at radius 3 is 2.57 bits per heavy atom. The number of carbonyl (C=O) groups excluding carboxylic acids is 1. The molecule has 2 atom stereocenters. The Balaban J connectivity index is 1.51. The number of hydrogen-bond donors (Lipinski definition) is 1. The van der Waals surface area contributed by atoms with Crippen molar-refractivity contribution in [3.8, 4) is 17.1 Å². The van der Waals surface area contributed by atoms with Gasteiger partial charge in [-0.05, 0) is 61.9 Å². The van der Waals surface area contributed by atoms with E-state index >= 15 is 0 Å². The molecule has 0 saturated carbocycles. The third-order valence-corrected chi connectivity index (χ3v) is 8.03. The number of fused-ring (bicyclic) bond motifs is 1. The van der Waals surface area contributed by atoms with Crippen LogP contribution in [-0.2, 0) is 30.9 Å². The molecule has 0 unspecified atom stereocenters. The number of H-pyrrole nitrogens is 1. The number of rotatable bonds is 9. The van der Waals surface area contributed by atoms with Crippen molar-refractivity contribution in [1.29, 1.82) is 0 Å². The molecule has 2 aromatic carbocycles. The van der Waals surface area contributed by atoms with Crippen LogP contribution in [0.4, 0.5) is 24.5 Å². The number of hydrogen-bond acceptors (Lipinski definition) is 5. The summed E-state index contributed by atoms with van der Waals surface area (Å²) >= 11 is 0. The number of benzene rings is 2. The van der Waals surface area contributed by atoms with Crippen LogP contribution in [0.3, 0.4) is 0 Å². The van der Waals surface area contributed by atoms with Gasteiger partial charge in [0.15, 0.2) is 11.2 Å². The van der Waals surface area contributed by atoms with Crippen molar-refractivity contribution in [1.82, 2.24) is 19.7 Å². The van der Waals surface area contributed by atoms with Crippen molar-refractivity contribution < 1.29 is 22.7 Å². The van der Waals surface area contributed by atoms with Crippen LogP contribution in [0.1, 0.15) is 56.9 Å². The first-order valence-electron chi connectivity index (χ1n) is 14.6. The molecule has 0 aliphatic carbocycles. The van der Waals surface area contributed by atoms with Gasteiger partial charge in [0.1, 0.15) is 17.1 Å².